The molecule has 0 aliphatic carbocycles. The Balaban J connectivity index is 1.33. The number of ether oxygens (including phenoxy) is 1. The number of ketones is 1. The van der Waals surface area contributed by atoms with Crippen LogP contribution in [0.5, 0.6) is 0 Å². The number of hydrogen-bond acceptors (Lipinski definition) is 8. The van der Waals surface area contributed by atoms with Gasteiger partial charge in [-0.3, -0.25) is 4.79 Å². The van der Waals surface area contributed by atoms with Gasteiger partial charge in [-0.1, -0.05) is 70.6 Å². The number of benzene rings is 3. The fourth-order valence-corrected chi connectivity index (χ4v) is 5.13. The molecular weight excluding hydrogens is 586 g/mol. The Morgan fingerprint density at radius 1 is 0.660 bits per heavy atom. The first-order chi connectivity index (χ1) is 23.0. The molecule has 0 aliphatic rings. The highest BCUT2D eigenvalue weighted by molar-refractivity contribution is 5.81. The van der Waals surface area contributed by atoms with Crippen LogP contribution in [0, 0.1) is 0 Å². The van der Waals surface area contributed by atoms with E-state index in [9.17, 15) is 9.59 Å². The number of nitrogens with zero attached hydrogens (tertiary/aromatic N) is 5. The van der Waals surface area contributed by atoms with Crippen molar-refractivity contribution in [2.45, 2.75) is 90.9 Å². The molecule has 0 fully saturated rings. The van der Waals surface area contributed by atoms with E-state index in [1.165, 1.54) is 63.0 Å². The SMILES string of the molecule is C=CC(=O)OCCN(CC)c1ccc(N=Nc2ccc(N=Nc3ccc(CCCCCCCCCCCC(=O)CC)cc3)cc2)cc1. The number of hydrogen-bond donors (Lipinski definition) is 0. The third kappa shape index (κ3) is 15.1. The monoisotopic (exact) mass is 637 g/mol. The number of unbranched alkanes of at least 4 members (excludes halogenated alkanes) is 8. The number of likely N-dealkylation sites (N-methyl/N-ethyl adjacent to an activating group) is 1. The lowest BCUT2D eigenvalue weighted by Crippen LogP contribution is -2.27. The van der Waals surface area contributed by atoms with Crippen LogP contribution in [-0.2, 0) is 20.7 Å². The number of azo groups is 2. The highest BCUT2D eigenvalue weighted by Gasteiger charge is 2.06. The molecule has 0 unspecified atom stereocenters. The van der Waals surface area contributed by atoms with E-state index in [0.717, 1.165) is 54.2 Å². The lowest BCUT2D eigenvalue weighted by molar-refractivity contribution is -0.137. The van der Waals surface area contributed by atoms with E-state index in [0.29, 0.717) is 25.4 Å². The minimum Gasteiger partial charge on any atom is -0.461 e. The van der Waals surface area contributed by atoms with Crippen molar-refractivity contribution in [2.75, 3.05) is 24.6 Å². The molecule has 0 atom stereocenters. The number of anilines is 1. The molecule has 3 aromatic rings. The second-order valence-electron chi connectivity index (χ2n) is 11.6. The standard InChI is InChI=1S/C39H51N5O3/c1-4-38(45)17-15-13-11-9-7-8-10-12-14-16-32-18-20-33(21-19-32)40-41-34-22-24-35(25-23-34)42-43-36-26-28-37(29-27-36)44(6-3)30-31-47-39(46)5-2/h5,18-29H,2,4,6-17,30-31H2,1,3H3. The van der Waals surface area contributed by atoms with Gasteiger partial charge in [-0.25, -0.2) is 4.79 Å². The Hall–Kier alpha value is -4.46. The quantitative estimate of drug-likeness (QED) is 0.0447. The number of Topliss-reactive ketones (excluding diaryl/α,β-unsaturated/α-hetero) is 1. The maximum atomic E-state index is 11.3. The predicted molar refractivity (Wildman–Crippen MR) is 192 cm³/mol. The summed E-state index contributed by atoms with van der Waals surface area (Å²) in [6.45, 7) is 9.10. The van der Waals surface area contributed by atoms with E-state index in [1.54, 1.807) is 0 Å². The summed E-state index contributed by atoms with van der Waals surface area (Å²) in [5.74, 6) is -0.0151. The third-order valence-corrected chi connectivity index (χ3v) is 8.03. The Labute approximate surface area is 281 Å². The summed E-state index contributed by atoms with van der Waals surface area (Å²) >= 11 is 0. The summed E-state index contributed by atoms with van der Waals surface area (Å²) in [6.07, 6.45) is 14.9. The molecule has 47 heavy (non-hydrogen) atoms. The second-order valence-corrected chi connectivity index (χ2v) is 11.6. The van der Waals surface area contributed by atoms with Crippen LogP contribution in [0.2, 0.25) is 0 Å². The summed E-state index contributed by atoms with van der Waals surface area (Å²) in [5.41, 5.74) is 5.42. The topological polar surface area (TPSA) is 96.1 Å². The zero-order valence-corrected chi connectivity index (χ0v) is 28.3. The molecule has 0 amide bonds. The molecule has 0 bridgehead atoms. The van der Waals surface area contributed by atoms with Gasteiger partial charge in [-0.15, -0.1) is 0 Å². The molecule has 0 aromatic heterocycles. The molecule has 0 spiro atoms. The lowest BCUT2D eigenvalue weighted by atomic mass is 10.0. The molecule has 8 nitrogen and oxygen atoms in total. The van der Waals surface area contributed by atoms with Gasteiger partial charge in [0.15, 0.2) is 0 Å². The molecule has 3 aromatic carbocycles. The van der Waals surface area contributed by atoms with Crippen molar-refractivity contribution in [3.05, 3.63) is 91.0 Å². The van der Waals surface area contributed by atoms with Gasteiger partial charge in [0.1, 0.15) is 12.4 Å². The minimum atomic E-state index is -0.414. The summed E-state index contributed by atoms with van der Waals surface area (Å²) in [5, 5.41) is 17.5. The van der Waals surface area contributed by atoms with Crippen molar-refractivity contribution < 1.29 is 14.3 Å². The Bertz CT molecular complexity index is 1400. The molecule has 250 valence electrons. The zero-order chi connectivity index (χ0) is 33.5. The van der Waals surface area contributed by atoms with Gasteiger partial charge in [-0.2, -0.15) is 20.5 Å². The largest absolute Gasteiger partial charge is 0.461 e. The number of rotatable bonds is 23. The summed E-state index contributed by atoms with van der Waals surface area (Å²) in [4.78, 5) is 24.7. The first-order valence-electron chi connectivity index (χ1n) is 17.2. The van der Waals surface area contributed by atoms with Crippen LogP contribution >= 0.6 is 0 Å². The van der Waals surface area contributed by atoms with Crippen LogP contribution in [-0.4, -0.2) is 31.4 Å². The van der Waals surface area contributed by atoms with Gasteiger partial charge in [0.25, 0.3) is 0 Å². The Kier molecular flexibility index (Phi) is 17.4. The maximum Gasteiger partial charge on any atom is 0.330 e. The van der Waals surface area contributed by atoms with Gasteiger partial charge in [0.05, 0.1) is 29.3 Å². The summed E-state index contributed by atoms with van der Waals surface area (Å²) < 4.78 is 5.09. The van der Waals surface area contributed by atoms with Gasteiger partial charge < -0.3 is 9.64 Å². The van der Waals surface area contributed by atoms with Gasteiger partial charge in [0.2, 0.25) is 0 Å². The second kappa shape index (κ2) is 22.1. The summed E-state index contributed by atoms with van der Waals surface area (Å²) in [6, 6.07) is 23.6. The van der Waals surface area contributed by atoms with Crippen molar-refractivity contribution in [1.82, 2.24) is 0 Å². The number of esters is 1. The molecule has 0 radical (unpaired) electrons. The first-order valence-corrected chi connectivity index (χ1v) is 17.2. The minimum absolute atomic E-state index is 0.302. The van der Waals surface area contributed by atoms with Crippen molar-refractivity contribution in [1.29, 1.82) is 0 Å². The average Bonchev–Trinajstić information content (AvgIpc) is 3.11. The van der Waals surface area contributed by atoms with Crippen LogP contribution < -0.4 is 4.90 Å². The number of aryl methyl sites for hydroxylation is 1. The third-order valence-electron chi connectivity index (χ3n) is 8.03. The lowest BCUT2D eigenvalue weighted by Gasteiger charge is -2.22. The van der Waals surface area contributed by atoms with Crippen molar-refractivity contribution >= 4 is 40.2 Å². The van der Waals surface area contributed by atoms with E-state index in [-0.39, 0.29) is 0 Å². The van der Waals surface area contributed by atoms with Crippen molar-refractivity contribution in [3.8, 4) is 0 Å². The van der Waals surface area contributed by atoms with Gasteiger partial charge in [-0.05, 0) is 92.4 Å². The fourth-order valence-electron chi connectivity index (χ4n) is 5.13. The molecule has 0 heterocycles. The fraction of sp³-hybridized carbons (Fsp3) is 0.436. The molecular formula is C39H51N5O3. The van der Waals surface area contributed by atoms with E-state index in [4.69, 9.17) is 4.74 Å². The molecule has 0 N–H and O–H groups in total. The zero-order valence-electron chi connectivity index (χ0n) is 28.3. The Morgan fingerprint density at radius 2 is 1.11 bits per heavy atom. The van der Waals surface area contributed by atoms with E-state index >= 15 is 0 Å². The maximum absolute atomic E-state index is 11.3. The average molecular weight is 638 g/mol. The Morgan fingerprint density at radius 3 is 1.57 bits per heavy atom. The number of carbonyl (C=O) groups is 2. The van der Waals surface area contributed by atoms with Crippen molar-refractivity contribution in [3.63, 3.8) is 0 Å². The van der Waals surface area contributed by atoms with E-state index in [2.05, 4.69) is 51.0 Å². The van der Waals surface area contributed by atoms with Gasteiger partial charge >= 0.3 is 5.97 Å². The normalized spacial score (nSPS) is 11.3. The van der Waals surface area contributed by atoms with Crippen LogP contribution in [0.1, 0.15) is 90.0 Å². The molecule has 0 saturated carbocycles. The van der Waals surface area contributed by atoms with Crippen LogP contribution in [0.3, 0.4) is 0 Å². The first kappa shape index (κ1) is 37.0. The van der Waals surface area contributed by atoms with Crippen LogP contribution in [0.4, 0.5) is 28.4 Å². The smallest absolute Gasteiger partial charge is 0.330 e. The molecule has 8 heteroatoms. The highest BCUT2D eigenvalue weighted by Crippen LogP contribution is 2.25. The molecule has 3 rings (SSSR count). The number of carbonyl (C=O) groups excluding carboxylic acids is 2. The van der Waals surface area contributed by atoms with Crippen LogP contribution in [0.15, 0.2) is 106 Å². The van der Waals surface area contributed by atoms with Crippen LogP contribution in [0.25, 0.3) is 0 Å². The van der Waals surface area contributed by atoms with Crippen molar-refractivity contribution in [2.24, 2.45) is 20.5 Å². The highest BCUT2D eigenvalue weighted by atomic mass is 16.5. The molecule has 0 aliphatic heterocycles. The predicted octanol–water partition coefficient (Wildman–Crippen LogP) is 11.5. The van der Waals surface area contributed by atoms with Gasteiger partial charge in [0, 0.05) is 31.1 Å². The summed E-state index contributed by atoms with van der Waals surface area (Å²) in [7, 11) is 0. The molecule has 0 saturated heterocycles. The van der Waals surface area contributed by atoms with E-state index < -0.39 is 5.97 Å². The van der Waals surface area contributed by atoms with E-state index in [1.807, 2.05) is 67.6 Å².